The van der Waals surface area contributed by atoms with Crippen LogP contribution in [0.1, 0.15) is 12.8 Å². The van der Waals surface area contributed by atoms with Crippen molar-refractivity contribution >= 4 is 34.7 Å². The molecule has 0 spiro atoms. The van der Waals surface area contributed by atoms with Crippen LogP contribution >= 0.6 is 22.6 Å². The Labute approximate surface area is 119 Å². The van der Waals surface area contributed by atoms with Gasteiger partial charge in [0, 0.05) is 5.56 Å². The minimum Gasteiger partial charge on any atom is -0.508 e. The molecule has 92 valence electrons. The van der Waals surface area contributed by atoms with Crippen LogP contribution in [0.5, 0.6) is 5.75 Å². The molecule has 1 aliphatic carbocycles. The van der Waals surface area contributed by atoms with Crippen LogP contribution in [0.25, 0.3) is 23.5 Å². The molecule has 0 saturated heterocycles. The van der Waals surface area contributed by atoms with Crippen LogP contribution in [-0.4, -0.2) is 14.7 Å². The summed E-state index contributed by atoms with van der Waals surface area (Å²) < 4.78 is 3.10. The van der Waals surface area contributed by atoms with Gasteiger partial charge in [-0.3, -0.25) is 0 Å². The van der Waals surface area contributed by atoms with E-state index in [2.05, 4.69) is 39.3 Å². The van der Waals surface area contributed by atoms with Crippen molar-refractivity contribution in [1.29, 1.82) is 0 Å². The molecule has 0 radical (unpaired) electrons. The van der Waals surface area contributed by atoms with E-state index in [9.17, 15) is 5.11 Å². The van der Waals surface area contributed by atoms with Gasteiger partial charge in [0.2, 0.25) is 0 Å². The van der Waals surface area contributed by atoms with Crippen molar-refractivity contribution in [3.05, 3.63) is 35.0 Å². The van der Waals surface area contributed by atoms with Crippen molar-refractivity contribution in [2.45, 2.75) is 17.4 Å². The highest BCUT2D eigenvalue weighted by Crippen LogP contribution is 2.19. The molecule has 1 aromatic heterocycles. The molecule has 1 aliphatic rings. The van der Waals surface area contributed by atoms with Gasteiger partial charge >= 0.3 is 0 Å². The minimum atomic E-state index is 0.286. The molecule has 0 atom stereocenters. The van der Waals surface area contributed by atoms with Crippen LogP contribution in [0.15, 0.2) is 24.3 Å². The maximum Gasteiger partial charge on any atom is 0.141 e. The summed E-state index contributed by atoms with van der Waals surface area (Å²) in [6, 6.07) is 7.22. The summed E-state index contributed by atoms with van der Waals surface area (Å²) in [6.07, 6.45) is 6.61. The Bertz CT molecular complexity index is 686. The lowest BCUT2D eigenvalue weighted by molar-refractivity contribution is 0.475. The summed E-state index contributed by atoms with van der Waals surface area (Å²) >= 11 is 2.35. The number of hydrogen-bond acceptors (Lipinski definition) is 2. The van der Waals surface area contributed by atoms with Crippen molar-refractivity contribution < 1.29 is 5.11 Å². The molecule has 0 aliphatic heterocycles. The van der Waals surface area contributed by atoms with Crippen molar-refractivity contribution in [3.63, 3.8) is 0 Å². The summed E-state index contributed by atoms with van der Waals surface area (Å²) in [5.41, 5.74) is 1.04. The highest BCUT2D eigenvalue weighted by molar-refractivity contribution is 14.1. The molecular weight excluding hydrogens is 339 g/mol. The normalized spacial score (nSPS) is 13.6. The van der Waals surface area contributed by atoms with Gasteiger partial charge in [-0.15, -0.1) is 0 Å². The van der Waals surface area contributed by atoms with E-state index in [0.717, 1.165) is 34.1 Å². The van der Waals surface area contributed by atoms with Crippen LogP contribution in [0, 0.1) is 0 Å². The molecule has 4 heteroatoms. The Morgan fingerprint density at radius 2 is 1.89 bits per heavy atom. The lowest BCUT2D eigenvalue weighted by Crippen LogP contribution is -2.31. The van der Waals surface area contributed by atoms with E-state index in [0.29, 0.717) is 0 Å². The molecule has 0 saturated carbocycles. The van der Waals surface area contributed by atoms with Crippen LogP contribution in [-0.2, 0) is 4.55 Å². The van der Waals surface area contributed by atoms with Gasteiger partial charge in [0.05, 0.1) is 15.2 Å². The molecule has 3 rings (SSSR count). The van der Waals surface area contributed by atoms with Crippen LogP contribution in [0.4, 0.5) is 0 Å². The van der Waals surface area contributed by atoms with E-state index < -0.39 is 0 Å². The number of benzene rings is 1. The molecule has 1 aromatic carbocycles. The van der Waals surface area contributed by atoms with E-state index in [-0.39, 0.29) is 5.75 Å². The average molecular weight is 352 g/mol. The fourth-order valence-corrected chi connectivity index (χ4v) is 2.93. The van der Waals surface area contributed by atoms with Gasteiger partial charge in [-0.25, -0.2) is 4.98 Å². The number of fused-ring (bicyclic) bond motifs is 1. The lowest BCUT2D eigenvalue weighted by atomic mass is 10.2. The van der Waals surface area contributed by atoms with E-state index in [1.807, 2.05) is 12.1 Å². The molecule has 0 bridgehead atoms. The summed E-state index contributed by atoms with van der Waals surface area (Å²) in [6.45, 7) is 0. The van der Waals surface area contributed by atoms with E-state index >= 15 is 0 Å². The molecule has 18 heavy (non-hydrogen) atoms. The zero-order valence-electron chi connectivity index (χ0n) is 9.81. The summed E-state index contributed by atoms with van der Waals surface area (Å²) in [5, 5.41) is 11.7. The topological polar surface area (TPSA) is 38.1 Å². The number of hydrogen-bond donors (Lipinski definition) is 1. The Balaban J connectivity index is 2.24. The van der Waals surface area contributed by atoms with Crippen molar-refractivity contribution in [3.8, 4) is 17.1 Å². The number of phenols is 1. The molecule has 1 N–H and O–H groups in total. The molecule has 0 amide bonds. The third kappa shape index (κ3) is 1.94. The lowest BCUT2D eigenvalue weighted by Gasteiger charge is -2.05. The molecular formula is C14H13IN2O. The van der Waals surface area contributed by atoms with Gasteiger partial charge in [0.1, 0.15) is 11.6 Å². The first-order valence-electron chi connectivity index (χ1n) is 5.92. The van der Waals surface area contributed by atoms with E-state index in [1.165, 1.54) is 5.35 Å². The first-order valence-corrected chi connectivity index (χ1v) is 7.44. The zero-order valence-corrected chi connectivity index (χ0v) is 12.0. The first-order chi connectivity index (χ1) is 8.79. The van der Waals surface area contributed by atoms with Gasteiger partial charge in [-0.05, 0) is 37.1 Å². The average Bonchev–Trinajstić information content (AvgIpc) is 2.78. The number of nitrogens with zero attached hydrogens (tertiary/aromatic N) is 2. The van der Waals surface area contributed by atoms with Gasteiger partial charge in [-0.1, -0.05) is 34.7 Å². The number of aromatic nitrogens is 2. The summed E-state index contributed by atoms with van der Waals surface area (Å²) in [4.78, 5) is 4.71. The standard InChI is InChI=1S/C14H13IN2O/c15-9-17-13-4-2-1-3-12(13)16-14(17)10-5-7-11(18)8-6-10/h3-8,18H,1-2,9H2. The second-order valence-electron chi connectivity index (χ2n) is 4.29. The van der Waals surface area contributed by atoms with Crippen molar-refractivity contribution in [2.75, 3.05) is 0 Å². The number of alkyl halides is 1. The number of phenolic OH excluding ortho intramolecular Hbond substituents is 1. The Kier molecular flexibility index (Phi) is 3.11. The third-order valence-corrected chi connectivity index (χ3v) is 3.80. The van der Waals surface area contributed by atoms with Crippen LogP contribution in [0.3, 0.4) is 0 Å². The number of imidazole rings is 1. The molecule has 0 unspecified atom stereocenters. The molecule has 3 nitrogen and oxygen atoms in total. The number of aromatic hydroxyl groups is 1. The maximum absolute atomic E-state index is 9.35. The zero-order chi connectivity index (χ0) is 12.5. The summed E-state index contributed by atoms with van der Waals surface area (Å²) in [5.74, 6) is 1.26. The van der Waals surface area contributed by atoms with Gasteiger partial charge < -0.3 is 9.67 Å². The van der Waals surface area contributed by atoms with Gasteiger partial charge in [0.25, 0.3) is 0 Å². The predicted octanol–water partition coefficient (Wildman–Crippen LogP) is 2.00. The van der Waals surface area contributed by atoms with Gasteiger partial charge in [-0.2, -0.15) is 0 Å². The SMILES string of the molecule is Oc1ccc(-c2nc3c(n2CI)=CCCC=3)cc1. The van der Waals surface area contributed by atoms with Crippen LogP contribution in [0.2, 0.25) is 0 Å². The molecule has 0 fully saturated rings. The second-order valence-corrected chi connectivity index (χ2v) is 4.97. The van der Waals surface area contributed by atoms with E-state index in [4.69, 9.17) is 4.98 Å². The first kappa shape index (κ1) is 11.8. The van der Waals surface area contributed by atoms with Crippen LogP contribution < -0.4 is 10.7 Å². The highest BCUT2D eigenvalue weighted by atomic mass is 127. The Morgan fingerprint density at radius 1 is 1.17 bits per heavy atom. The number of halogens is 1. The highest BCUT2D eigenvalue weighted by Gasteiger charge is 2.10. The van der Waals surface area contributed by atoms with Crippen molar-refractivity contribution in [1.82, 2.24) is 9.55 Å². The smallest absolute Gasteiger partial charge is 0.141 e. The molecule has 2 aromatic rings. The predicted molar refractivity (Wildman–Crippen MR) is 80.8 cm³/mol. The number of rotatable bonds is 2. The van der Waals surface area contributed by atoms with Gasteiger partial charge in [0.15, 0.2) is 0 Å². The van der Waals surface area contributed by atoms with Crippen molar-refractivity contribution in [2.24, 2.45) is 0 Å². The minimum absolute atomic E-state index is 0.286. The molecule has 1 heterocycles. The Morgan fingerprint density at radius 3 is 2.61 bits per heavy atom. The van der Waals surface area contributed by atoms with E-state index in [1.54, 1.807) is 12.1 Å². The summed E-state index contributed by atoms with van der Waals surface area (Å²) in [7, 11) is 0. The fourth-order valence-electron chi connectivity index (χ4n) is 2.24. The Hall–Kier alpha value is -1.30. The fraction of sp³-hybridized carbons (Fsp3) is 0.214. The quantitative estimate of drug-likeness (QED) is 0.663. The largest absolute Gasteiger partial charge is 0.508 e. The monoisotopic (exact) mass is 352 g/mol. The third-order valence-electron chi connectivity index (χ3n) is 3.12. The maximum atomic E-state index is 9.35. The second kappa shape index (κ2) is 4.76.